The van der Waals surface area contributed by atoms with E-state index in [9.17, 15) is 0 Å². The first-order valence-electron chi connectivity index (χ1n) is 6.60. The molecule has 19 heavy (non-hydrogen) atoms. The molecule has 1 heterocycles. The smallest absolute Gasteiger partial charge is 0.0597 e. The van der Waals surface area contributed by atoms with Gasteiger partial charge in [0.25, 0.3) is 0 Å². The van der Waals surface area contributed by atoms with Crippen LogP contribution in [-0.2, 0) is 25.5 Å². The van der Waals surface area contributed by atoms with Gasteiger partial charge in [-0.15, -0.1) is 11.6 Å². The monoisotopic (exact) mass is 277 g/mol. The van der Waals surface area contributed by atoms with Crippen LogP contribution in [0.5, 0.6) is 0 Å². The summed E-state index contributed by atoms with van der Waals surface area (Å²) in [4.78, 5) is 0. The van der Waals surface area contributed by atoms with Crippen molar-refractivity contribution in [1.82, 2.24) is 15.1 Å². The van der Waals surface area contributed by atoms with Crippen LogP contribution in [0, 0.1) is 6.92 Å². The molecule has 1 aromatic heterocycles. The number of aromatic nitrogens is 2. The standard InChI is InChI=1S/C15H20ClN3/c1-3-19-15(7-12(2)18-19)11-17-10-14-6-4-5-13(8-14)9-16/h4-8,17H,3,9-11H2,1-2H3. The minimum absolute atomic E-state index is 0.565. The summed E-state index contributed by atoms with van der Waals surface area (Å²) in [5.41, 5.74) is 4.73. The van der Waals surface area contributed by atoms with Crippen molar-refractivity contribution in [1.29, 1.82) is 0 Å². The Hall–Kier alpha value is -1.32. The number of rotatable bonds is 6. The second kappa shape index (κ2) is 6.73. The van der Waals surface area contributed by atoms with E-state index < -0.39 is 0 Å². The van der Waals surface area contributed by atoms with Gasteiger partial charge in [-0.05, 0) is 31.0 Å². The molecule has 0 amide bonds. The molecule has 102 valence electrons. The van der Waals surface area contributed by atoms with E-state index in [2.05, 4.69) is 41.6 Å². The average Bonchev–Trinajstić information content (AvgIpc) is 2.79. The van der Waals surface area contributed by atoms with Gasteiger partial charge in [0.15, 0.2) is 0 Å². The van der Waals surface area contributed by atoms with E-state index in [1.165, 1.54) is 11.3 Å². The normalized spacial score (nSPS) is 10.9. The molecule has 2 rings (SSSR count). The second-order valence-electron chi connectivity index (χ2n) is 4.65. The fourth-order valence-corrected chi connectivity index (χ4v) is 2.34. The Labute approximate surface area is 119 Å². The van der Waals surface area contributed by atoms with Crippen LogP contribution in [0.4, 0.5) is 0 Å². The molecular formula is C15H20ClN3. The molecule has 0 saturated heterocycles. The quantitative estimate of drug-likeness (QED) is 0.822. The Morgan fingerprint density at radius 1 is 1.21 bits per heavy atom. The lowest BCUT2D eigenvalue weighted by molar-refractivity contribution is 0.579. The van der Waals surface area contributed by atoms with Gasteiger partial charge >= 0.3 is 0 Å². The highest BCUT2D eigenvalue weighted by Gasteiger charge is 2.03. The largest absolute Gasteiger partial charge is 0.307 e. The van der Waals surface area contributed by atoms with Crippen LogP contribution in [0.3, 0.4) is 0 Å². The van der Waals surface area contributed by atoms with Crippen molar-refractivity contribution in [2.24, 2.45) is 0 Å². The molecule has 0 aliphatic rings. The molecule has 0 unspecified atom stereocenters. The zero-order valence-electron chi connectivity index (χ0n) is 11.5. The summed E-state index contributed by atoms with van der Waals surface area (Å²) in [6.45, 7) is 6.73. The van der Waals surface area contributed by atoms with Gasteiger partial charge in [0.1, 0.15) is 0 Å². The average molecular weight is 278 g/mol. The molecule has 0 fully saturated rings. The van der Waals surface area contributed by atoms with Crippen molar-refractivity contribution in [2.75, 3.05) is 0 Å². The SMILES string of the molecule is CCn1nc(C)cc1CNCc1cccc(CCl)c1. The summed E-state index contributed by atoms with van der Waals surface area (Å²) in [7, 11) is 0. The van der Waals surface area contributed by atoms with Gasteiger partial charge < -0.3 is 5.32 Å². The molecule has 0 aliphatic carbocycles. The molecule has 0 saturated carbocycles. The number of alkyl halides is 1. The first-order valence-corrected chi connectivity index (χ1v) is 7.14. The first-order chi connectivity index (χ1) is 9.22. The van der Waals surface area contributed by atoms with E-state index in [0.29, 0.717) is 5.88 Å². The first kappa shape index (κ1) is 14.1. The molecular weight excluding hydrogens is 258 g/mol. The van der Waals surface area contributed by atoms with Crippen molar-refractivity contribution in [3.63, 3.8) is 0 Å². The maximum atomic E-state index is 5.84. The van der Waals surface area contributed by atoms with Crippen molar-refractivity contribution in [3.05, 3.63) is 52.8 Å². The summed E-state index contributed by atoms with van der Waals surface area (Å²) < 4.78 is 2.04. The lowest BCUT2D eigenvalue weighted by Crippen LogP contribution is -2.16. The van der Waals surface area contributed by atoms with Gasteiger partial charge in [-0.2, -0.15) is 5.10 Å². The summed E-state index contributed by atoms with van der Waals surface area (Å²) in [6.07, 6.45) is 0. The van der Waals surface area contributed by atoms with Crippen molar-refractivity contribution >= 4 is 11.6 Å². The number of hydrogen-bond donors (Lipinski definition) is 1. The third-order valence-electron chi connectivity index (χ3n) is 3.07. The van der Waals surface area contributed by atoms with Crippen molar-refractivity contribution in [2.45, 2.75) is 39.4 Å². The third-order valence-corrected chi connectivity index (χ3v) is 3.37. The zero-order valence-corrected chi connectivity index (χ0v) is 12.2. The Bertz CT molecular complexity index is 534. The van der Waals surface area contributed by atoms with E-state index in [1.807, 2.05) is 17.7 Å². The van der Waals surface area contributed by atoms with Gasteiger partial charge in [-0.25, -0.2) is 0 Å². The number of halogens is 1. The summed E-state index contributed by atoms with van der Waals surface area (Å²) in [5, 5.41) is 7.89. The maximum absolute atomic E-state index is 5.84. The topological polar surface area (TPSA) is 29.9 Å². The second-order valence-corrected chi connectivity index (χ2v) is 4.92. The highest BCUT2D eigenvalue weighted by Crippen LogP contribution is 2.08. The van der Waals surface area contributed by atoms with E-state index in [0.717, 1.165) is 30.9 Å². The highest BCUT2D eigenvalue weighted by molar-refractivity contribution is 6.17. The van der Waals surface area contributed by atoms with E-state index in [1.54, 1.807) is 0 Å². The van der Waals surface area contributed by atoms with E-state index >= 15 is 0 Å². The highest BCUT2D eigenvalue weighted by atomic mass is 35.5. The summed E-state index contributed by atoms with van der Waals surface area (Å²) in [6, 6.07) is 10.5. The Kier molecular flexibility index (Phi) is 5.00. The molecule has 3 nitrogen and oxygen atoms in total. The van der Waals surface area contributed by atoms with Crippen LogP contribution in [-0.4, -0.2) is 9.78 Å². The lowest BCUT2D eigenvalue weighted by Gasteiger charge is -2.07. The number of nitrogens with zero attached hydrogens (tertiary/aromatic N) is 2. The van der Waals surface area contributed by atoms with Crippen LogP contribution in [0.1, 0.15) is 29.4 Å². The minimum Gasteiger partial charge on any atom is -0.307 e. The summed E-state index contributed by atoms with van der Waals surface area (Å²) in [5.74, 6) is 0.565. The minimum atomic E-state index is 0.565. The van der Waals surface area contributed by atoms with Gasteiger partial charge in [0.05, 0.1) is 11.4 Å². The third kappa shape index (κ3) is 3.82. The molecule has 0 spiro atoms. The van der Waals surface area contributed by atoms with Crippen molar-refractivity contribution in [3.8, 4) is 0 Å². The number of nitrogens with one attached hydrogen (secondary N) is 1. The molecule has 1 aromatic carbocycles. The molecule has 0 atom stereocenters. The molecule has 1 N–H and O–H groups in total. The number of benzene rings is 1. The van der Waals surface area contributed by atoms with Crippen LogP contribution in [0.25, 0.3) is 0 Å². The predicted molar refractivity (Wildman–Crippen MR) is 79.2 cm³/mol. The van der Waals surface area contributed by atoms with Crippen LogP contribution in [0.2, 0.25) is 0 Å². The molecule has 0 radical (unpaired) electrons. The fraction of sp³-hybridized carbons (Fsp3) is 0.400. The Balaban J connectivity index is 1.92. The number of aryl methyl sites for hydroxylation is 2. The molecule has 2 aromatic rings. The molecule has 4 heteroatoms. The molecule has 0 bridgehead atoms. The molecule has 0 aliphatic heterocycles. The van der Waals surface area contributed by atoms with E-state index in [4.69, 9.17) is 11.6 Å². The van der Waals surface area contributed by atoms with Gasteiger partial charge in [-0.3, -0.25) is 4.68 Å². The zero-order chi connectivity index (χ0) is 13.7. The van der Waals surface area contributed by atoms with Gasteiger partial charge in [0.2, 0.25) is 0 Å². The number of hydrogen-bond acceptors (Lipinski definition) is 2. The van der Waals surface area contributed by atoms with Crippen LogP contribution >= 0.6 is 11.6 Å². The van der Waals surface area contributed by atoms with Crippen molar-refractivity contribution < 1.29 is 0 Å². The lowest BCUT2D eigenvalue weighted by atomic mass is 10.1. The Morgan fingerprint density at radius 2 is 2.00 bits per heavy atom. The Morgan fingerprint density at radius 3 is 2.74 bits per heavy atom. The fourth-order valence-electron chi connectivity index (χ4n) is 2.17. The van der Waals surface area contributed by atoms with Gasteiger partial charge in [0, 0.05) is 25.5 Å². The van der Waals surface area contributed by atoms with Crippen LogP contribution < -0.4 is 5.32 Å². The van der Waals surface area contributed by atoms with E-state index in [-0.39, 0.29) is 0 Å². The van der Waals surface area contributed by atoms with Gasteiger partial charge in [-0.1, -0.05) is 24.3 Å². The predicted octanol–water partition coefficient (Wildman–Crippen LogP) is 3.24. The van der Waals surface area contributed by atoms with Crippen LogP contribution in [0.15, 0.2) is 30.3 Å². The maximum Gasteiger partial charge on any atom is 0.0597 e. The summed E-state index contributed by atoms with van der Waals surface area (Å²) >= 11 is 5.84.